The number of anilines is 1. The van der Waals surface area contributed by atoms with Crippen LogP contribution in [0.25, 0.3) is 16.7 Å². The number of benzene rings is 2. The molecule has 32 heavy (non-hydrogen) atoms. The van der Waals surface area contributed by atoms with Crippen molar-refractivity contribution in [1.82, 2.24) is 19.7 Å². The van der Waals surface area contributed by atoms with E-state index in [4.69, 9.17) is 4.74 Å². The van der Waals surface area contributed by atoms with Crippen LogP contribution in [-0.4, -0.2) is 37.2 Å². The van der Waals surface area contributed by atoms with Crippen molar-refractivity contribution in [2.45, 2.75) is 13.8 Å². The highest BCUT2D eigenvalue weighted by atomic mass is 19.1. The molecule has 0 fully saturated rings. The smallest absolute Gasteiger partial charge is 0.271 e. The molecule has 0 radical (unpaired) electrons. The Balaban J connectivity index is 1.53. The van der Waals surface area contributed by atoms with Crippen LogP contribution in [0, 0.1) is 29.8 Å². The van der Waals surface area contributed by atoms with Crippen LogP contribution in [0.2, 0.25) is 0 Å². The Labute approximate surface area is 180 Å². The lowest BCUT2D eigenvalue weighted by atomic mass is 10.1. The molecule has 1 amide bonds. The van der Waals surface area contributed by atoms with Gasteiger partial charge in [0.25, 0.3) is 11.6 Å². The Kier molecular flexibility index (Phi) is 5.46. The van der Waals surface area contributed by atoms with Crippen molar-refractivity contribution in [2.75, 3.05) is 11.9 Å². The molecule has 0 spiro atoms. The Morgan fingerprint density at radius 3 is 2.66 bits per heavy atom. The maximum absolute atomic E-state index is 13.9. The number of ether oxygens (including phenoxy) is 1. The molecule has 1 N–H and O–H groups in total. The fraction of sp³-hybridized carbons (Fsp3) is 0.143. The molecule has 0 saturated heterocycles. The van der Waals surface area contributed by atoms with Gasteiger partial charge in [0.15, 0.2) is 12.3 Å². The number of nitro groups is 1. The fourth-order valence-electron chi connectivity index (χ4n) is 3.24. The van der Waals surface area contributed by atoms with Crippen LogP contribution in [0.4, 0.5) is 15.8 Å². The number of hydrogen-bond acceptors (Lipinski definition) is 7. The van der Waals surface area contributed by atoms with Crippen molar-refractivity contribution < 1.29 is 18.8 Å². The average Bonchev–Trinajstić information content (AvgIpc) is 3.18. The van der Waals surface area contributed by atoms with Gasteiger partial charge in [0.1, 0.15) is 17.5 Å². The van der Waals surface area contributed by atoms with Gasteiger partial charge in [-0.25, -0.2) is 19.0 Å². The predicted octanol–water partition coefficient (Wildman–Crippen LogP) is 3.50. The molecule has 162 valence electrons. The van der Waals surface area contributed by atoms with Crippen LogP contribution in [0.5, 0.6) is 5.88 Å². The summed E-state index contributed by atoms with van der Waals surface area (Å²) in [5, 5.41) is 18.0. The average molecular weight is 436 g/mol. The number of rotatable bonds is 6. The van der Waals surface area contributed by atoms with Crippen LogP contribution in [0.15, 0.2) is 48.9 Å². The SMILES string of the molecule is Cc1cc(C)cc(-n2ncc3c(OCC(=O)Nc4cc([N+](=O)[O-])ccc4F)ncnc32)c1. The van der Waals surface area contributed by atoms with Gasteiger partial charge in [-0.15, -0.1) is 0 Å². The lowest BCUT2D eigenvalue weighted by molar-refractivity contribution is -0.384. The van der Waals surface area contributed by atoms with Crippen molar-refractivity contribution in [3.8, 4) is 11.6 Å². The Morgan fingerprint density at radius 2 is 1.94 bits per heavy atom. The molecule has 2 heterocycles. The van der Waals surface area contributed by atoms with E-state index in [1.54, 1.807) is 4.68 Å². The number of amides is 1. The normalized spacial score (nSPS) is 10.8. The highest BCUT2D eigenvalue weighted by molar-refractivity contribution is 5.92. The van der Waals surface area contributed by atoms with Gasteiger partial charge in [-0.05, 0) is 43.2 Å². The predicted molar refractivity (Wildman–Crippen MR) is 113 cm³/mol. The zero-order chi connectivity index (χ0) is 22.8. The first kappa shape index (κ1) is 20.8. The lowest BCUT2D eigenvalue weighted by Crippen LogP contribution is -2.21. The van der Waals surface area contributed by atoms with E-state index >= 15 is 0 Å². The number of fused-ring (bicyclic) bond motifs is 1. The number of aryl methyl sites for hydroxylation is 2. The number of carbonyl (C=O) groups excluding carboxylic acids is 1. The number of non-ortho nitro benzene ring substituents is 1. The number of nitro benzene ring substituents is 1. The summed E-state index contributed by atoms with van der Waals surface area (Å²) in [5.74, 6) is -1.39. The monoisotopic (exact) mass is 436 g/mol. The lowest BCUT2D eigenvalue weighted by Gasteiger charge is -2.09. The van der Waals surface area contributed by atoms with Gasteiger partial charge >= 0.3 is 0 Å². The summed E-state index contributed by atoms with van der Waals surface area (Å²) in [6, 6.07) is 8.81. The van der Waals surface area contributed by atoms with Gasteiger partial charge in [-0.1, -0.05) is 6.07 Å². The number of carbonyl (C=O) groups is 1. The number of aromatic nitrogens is 4. The summed E-state index contributed by atoms with van der Waals surface area (Å²) in [7, 11) is 0. The minimum atomic E-state index is -0.803. The van der Waals surface area contributed by atoms with Gasteiger partial charge in [0, 0.05) is 12.1 Å². The first-order valence-corrected chi connectivity index (χ1v) is 9.46. The van der Waals surface area contributed by atoms with Gasteiger partial charge < -0.3 is 10.1 Å². The molecule has 2 aromatic heterocycles. The second-order valence-electron chi connectivity index (χ2n) is 7.08. The van der Waals surface area contributed by atoms with Crippen molar-refractivity contribution >= 4 is 28.3 Å². The van der Waals surface area contributed by atoms with Gasteiger partial charge in [0.2, 0.25) is 5.88 Å². The standard InChI is InChI=1S/C21H17FN6O4/c1-12-5-13(2)7-15(6-12)27-20-16(9-25-27)21(24-11-23-20)32-10-19(29)26-18-8-14(28(30)31)3-4-17(18)22/h3-9,11H,10H2,1-2H3,(H,26,29). The molecule has 4 aromatic rings. The quantitative estimate of drug-likeness (QED) is 0.362. The maximum Gasteiger partial charge on any atom is 0.271 e. The third kappa shape index (κ3) is 4.21. The van der Waals surface area contributed by atoms with Crippen molar-refractivity contribution in [3.63, 3.8) is 0 Å². The molecule has 0 aliphatic heterocycles. The van der Waals surface area contributed by atoms with E-state index in [0.29, 0.717) is 11.0 Å². The number of halogens is 1. The van der Waals surface area contributed by atoms with E-state index in [9.17, 15) is 19.3 Å². The topological polar surface area (TPSA) is 125 Å². The molecule has 0 aliphatic rings. The fourth-order valence-corrected chi connectivity index (χ4v) is 3.24. The van der Waals surface area contributed by atoms with Crippen molar-refractivity contribution in [3.05, 3.63) is 76.0 Å². The molecule has 0 bridgehead atoms. The van der Waals surface area contributed by atoms with E-state index in [-0.39, 0.29) is 17.3 Å². The van der Waals surface area contributed by atoms with Crippen LogP contribution in [0.3, 0.4) is 0 Å². The molecular formula is C21H17FN6O4. The number of hydrogen-bond donors (Lipinski definition) is 1. The first-order chi connectivity index (χ1) is 15.3. The number of nitrogens with zero attached hydrogens (tertiary/aromatic N) is 5. The molecule has 0 saturated carbocycles. The molecule has 0 unspecified atom stereocenters. The van der Waals surface area contributed by atoms with Gasteiger partial charge in [0.05, 0.1) is 22.5 Å². The maximum atomic E-state index is 13.9. The van der Waals surface area contributed by atoms with E-state index < -0.39 is 23.3 Å². The van der Waals surface area contributed by atoms with Crippen LogP contribution in [-0.2, 0) is 4.79 Å². The largest absolute Gasteiger partial charge is 0.467 e. The first-order valence-electron chi connectivity index (χ1n) is 9.46. The number of nitrogens with one attached hydrogen (secondary N) is 1. The third-order valence-corrected chi connectivity index (χ3v) is 4.56. The molecule has 2 aromatic carbocycles. The van der Waals surface area contributed by atoms with E-state index in [1.807, 2.05) is 32.0 Å². The van der Waals surface area contributed by atoms with Crippen LogP contribution < -0.4 is 10.1 Å². The highest BCUT2D eigenvalue weighted by Crippen LogP contribution is 2.25. The summed E-state index contributed by atoms with van der Waals surface area (Å²) >= 11 is 0. The minimum absolute atomic E-state index is 0.125. The molecule has 11 heteroatoms. The second kappa shape index (κ2) is 8.38. The van der Waals surface area contributed by atoms with Gasteiger partial charge in [-0.2, -0.15) is 5.10 Å². The molecule has 0 atom stereocenters. The van der Waals surface area contributed by atoms with Crippen molar-refractivity contribution in [2.24, 2.45) is 0 Å². The van der Waals surface area contributed by atoms with Gasteiger partial charge in [-0.3, -0.25) is 14.9 Å². The van der Waals surface area contributed by atoms with Crippen LogP contribution in [0.1, 0.15) is 11.1 Å². The van der Waals surface area contributed by atoms with Crippen LogP contribution >= 0.6 is 0 Å². The van der Waals surface area contributed by atoms with E-state index in [0.717, 1.165) is 35.0 Å². The molecule has 4 rings (SSSR count). The Hall–Kier alpha value is -4.41. The Morgan fingerprint density at radius 1 is 1.19 bits per heavy atom. The molecule has 0 aliphatic carbocycles. The zero-order valence-corrected chi connectivity index (χ0v) is 17.1. The minimum Gasteiger partial charge on any atom is -0.467 e. The zero-order valence-electron chi connectivity index (χ0n) is 17.1. The molecular weight excluding hydrogens is 419 g/mol. The third-order valence-electron chi connectivity index (χ3n) is 4.56. The van der Waals surface area contributed by atoms with Crippen molar-refractivity contribution in [1.29, 1.82) is 0 Å². The summed E-state index contributed by atoms with van der Waals surface area (Å²) in [4.78, 5) is 30.7. The summed E-state index contributed by atoms with van der Waals surface area (Å²) in [5.41, 5.74) is 2.78. The summed E-state index contributed by atoms with van der Waals surface area (Å²) in [6.07, 6.45) is 2.82. The van der Waals surface area contributed by atoms with E-state index in [1.165, 1.54) is 12.5 Å². The Bertz CT molecular complexity index is 1330. The second-order valence-corrected chi connectivity index (χ2v) is 7.08. The summed E-state index contributed by atoms with van der Waals surface area (Å²) in [6.45, 7) is 3.46. The van der Waals surface area contributed by atoms with E-state index in [2.05, 4.69) is 20.4 Å². The highest BCUT2D eigenvalue weighted by Gasteiger charge is 2.16. The summed E-state index contributed by atoms with van der Waals surface area (Å²) < 4.78 is 21.0. The molecule has 10 nitrogen and oxygen atoms in total.